The Morgan fingerprint density at radius 3 is 2.77 bits per heavy atom. The number of carbonyl (C=O) groups excluding carboxylic acids is 1. The summed E-state index contributed by atoms with van der Waals surface area (Å²) >= 11 is 0. The SMILES string of the molecule is CC[C@@]1(O)C(=O)OCc2c1cc1n(c2=O)Cc2c-1nc1ccccc1c2CNC(C)C. The van der Waals surface area contributed by atoms with Crippen LogP contribution in [0.25, 0.3) is 22.3 Å². The Bertz CT molecular complexity index is 1290. The second-order valence-electron chi connectivity index (χ2n) is 8.57. The lowest BCUT2D eigenvalue weighted by atomic mass is 9.86. The number of nitrogens with one attached hydrogen (secondary N) is 1. The number of para-hydroxylation sites is 1. The van der Waals surface area contributed by atoms with Gasteiger partial charge in [0.05, 0.1) is 29.0 Å². The molecule has 0 unspecified atom stereocenters. The van der Waals surface area contributed by atoms with E-state index in [0.29, 0.717) is 36.0 Å². The number of hydrogen-bond donors (Lipinski definition) is 2. The molecule has 0 aliphatic carbocycles. The van der Waals surface area contributed by atoms with Crippen molar-refractivity contribution in [2.24, 2.45) is 0 Å². The molecule has 1 aromatic carbocycles. The third-order valence-electron chi connectivity index (χ3n) is 6.40. The number of benzene rings is 1. The van der Waals surface area contributed by atoms with E-state index < -0.39 is 11.6 Å². The van der Waals surface area contributed by atoms with Gasteiger partial charge >= 0.3 is 5.97 Å². The summed E-state index contributed by atoms with van der Waals surface area (Å²) in [6.07, 6.45) is 0.128. The van der Waals surface area contributed by atoms with Gasteiger partial charge in [-0.2, -0.15) is 0 Å². The van der Waals surface area contributed by atoms with E-state index in [1.807, 2.05) is 18.2 Å². The standard InChI is InChI=1S/C24H25N3O4/c1-4-24(30)18-9-20-21-16(11-27(20)22(28)17(18)12-31-23(24)29)15(10-25-13(2)3)14-7-5-6-8-19(14)26-21/h5-9,13,25,30H,4,10-12H2,1-3H3/t24-/m0/s1. The van der Waals surface area contributed by atoms with Gasteiger partial charge < -0.3 is 19.7 Å². The molecule has 0 saturated carbocycles. The molecule has 2 aliphatic rings. The maximum absolute atomic E-state index is 13.4. The fourth-order valence-electron chi connectivity index (χ4n) is 4.62. The lowest BCUT2D eigenvalue weighted by Crippen LogP contribution is -2.44. The minimum absolute atomic E-state index is 0.122. The van der Waals surface area contributed by atoms with Crippen LogP contribution in [-0.4, -0.2) is 26.7 Å². The van der Waals surface area contributed by atoms with Gasteiger partial charge in [0.2, 0.25) is 0 Å². The van der Waals surface area contributed by atoms with E-state index in [4.69, 9.17) is 9.72 Å². The van der Waals surface area contributed by atoms with Crippen molar-refractivity contribution >= 4 is 16.9 Å². The topological polar surface area (TPSA) is 93.5 Å². The molecule has 0 spiro atoms. The molecule has 31 heavy (non-hydrogen) atoms. The van der Waals surface area contributed by atoms with Crippen molar-refractivity contribution in [2.45, 2.75) is 58.5 Å². The fourth-order valence-corrected chi connectivity index (χ4v) is 4.62. The Morgan fingerprint density at radius 2 is 2.03 bits per heavy atom. The highest BCUT2D eigenvalue weighted by molar-refractivity contribution is 5.89. The molecule has 0 saturated heterocycles. The normalized spacial score (nSPS) is 19.3. The molecule has 2 aliphatic heterocycles. The second kappa shape index (κ2) is 7.00. The number of pyridine rings is 2. The number of carbonyl (C=O) groups is 1. The maximum Gasteiger partial charge on any atom is 0.343 e. The molecule has 0 amide bonds. The predicted octanol–water partition coefficient (Wildman–Crippen LogP) is 2.58. The quantitative estimate of drug-likeness (QED) is 0.494. The molecular weight excluding hydrogens is 394 g/mol. The Morgan fingerprint density at radius 1 is 1.26 bits per heavy atom. The first-order valence-electron chi connectivity index (χ1n) is 10.7. The molecule has 7 nitrogen and oxygen atoms in total. The smallest absolute Gasteiger partial charge is 0.343 e. The Kier molecular flexibility index (Phi) is 4.50. The molecule has 160 valence electrons. The van der Waals surface area contributed by atoms with Gasteiger partial charge in [0.25, 0.3) is 5.56 Å². The largest absolute Gasteiger partial charge is 0.458 e. The summed E-state index contributed by atoms with van der Waals surface area (Å²) < 4.78 is 6.84. The van der Waals surface area contributed by atoms with E-state index in [1.165, 1.54) is 0 Å². The zero-order chi connectivity index (χ0) is 21.9. The highest BCUT2D eigenvalue weighted by atomic mass is 16.6. The average Bonchev–Trinajstić information content (AvgIpc) is 3.13. The van der Waals surface area contributed by atoms with Gasteiger partial charge in [-0.05, 0) is 24.1 Å². The number of cyclic esters (lactones) is 1. The van der Waals surface area contributed by atoms with E-state index in [9.17, 15) is 14.7 Å². The third-order valence-corrected chi connectivity index (χ3v) is 6.40. The molecule has 2 aromatic heterocycles. The van der Waals surface area contributed by atoms with Crippen molar-refractivity contribution in [3.8, 4) is 11.4 Å². The van der Waals surface area contributed by atoms with Crippen LogP contribution >= 0.6 is 0 Å². The summed E-state index contributed by atoms with van der Waals surface area (Å²) in [7, 11) is 0. The van der Waals surface area contributed by atoms with E-state index in [-0.39, 0.29) is 18.6 Å². The van der Waals surface area contributed by atoms with Crippen LogP contribution in [0.15, 0.2) is 35.1 Å². The third kappa shape index (κ3) is 2.84. The van der Waals surface area contributed by atoms with Crippen LogP contribution in [0.4, 0.5) is 0 Å². The van der Waals surface area contributed by atoms with Crippen LogP contribution in [0.5, 0.6) is 0 Å². The molecule has 2 N–H and O–H groups in total. The van der Waals surface area contributed by atoms with Gasteiger partial charge in [-0.15, -0.1) is 0 Å². The number of rotatable bonds is 4. The minimum Gasteiger partial charge on any atom is -0.458 e. The Labute approximate surface area is 179 Å². The van der Waals surface area contributed by atoms with Crippen LogP contribution in [0, 0.1) is 0 Å². The van der Waals surface area contributed by atoms with Gasteiger partial charge in [0.1, 0.15) is 6.61 Å². The van der Waals surface area contributed by atoms with E-state index in [1.54, 1.807) is 17.6 Å². The minimum atomic E-state index is -1.82. The Hall–Kier alpha value is -3.03. The maximum atomic E-state index is 13.4. The number of hydrogen-bond acceptors (Lipinski definition) is 6. The van der Waals surface area contributed by atoms with Crippen LogP contribution in [0.3, 0.4) is 0 Å². The molecule has 0 fully saturated rings. The predicted molar refractivity (Wildman–Crippen MR) is 117 cm³/mol. The molecule has 0 radical (unpaired) electrons. The lowest BCUT2D eigenvalue weighted by molar-refractivity contribution is -0.172. The van der Waals surface area contributed by atoms with Gasteiger partial charge in [-0.3, -0.25) is 4.79 Å². The van der Waals surface area contributed by atoms with Gasteiger partial charge in [0, 0.05) is 29.1 Å². The molecule has 3 aromatic rings. The highest BCUT2D eigenvalue weighted by Gasteiger charge is 2.45. The van der Waals surface area contributed by atoms with Crippen LogP contribution < -0.4 is 10.9 Å². The van der Waals surface area contributed by atoms with Crippen molar-refractivity contribution in [3.05, 3.63) is 62.9 Å². The van der Waals surface area contributed by atoms with Crippen molar-refractivity contribution in [3.63, 3.8) is 0 Å². The summed E-state index contributed by atoms with van der Waals surface area (Å²) in [4.78, 5) is 30.6. The first kappa shape index (κ1) is 19.9. The zero-order valence-electron chi connectivity index (χ0n) is 17.9. The highest BCUT2D eigenvalue weighted by Crippen LogP contribution is 2.40. The Balaban J connectivity index is 1.77. The monoisotopic (exact) mass is 419 g/mol. The first-order chi connectivity index (χ1) is 14.8. The summed E-state index contributed by atoms with van der Waals surface area (Å²) in [5.41, 5.74) is 2.96. The summed E-state index contributed by atoms with van der Waals surface area (Å²) in [5, 5.41) is 15.6. The summed E-state index contributed by atoms with van der Waals surface area (Å²) in [6, 6.07) is 10.0. The van der Waals surface area contributed by atoms with Gasteiger partial charge in [-0.1, -0.05) is 39.0 Å². The molecule has 4 heterocycles. The summed E-state index contributed by atoms with van der Waals surface area (Å²) in [6.45, 7) is 6.84. The number of aliphatic hydroxyl groups is 1. The molecule has 5 rings (SSSR count). The summed E-state index contributed by atoms with van der Waals surface area (Å²) in [5.74, 6) is -0.710. The first-order valence-corrected chi connectivity index (χ1v) is 10.7. The van der Waals surface area contributed by atoms with Crippen LogP contribution in [0.1, 0.15) is 49.4 Å². The van der Waals surface area contributed by atoms with Crippen molar-refractivity contribution in [1.29, 1.82) is 0 Å². The van der Waals surface area contributed by atoms with Crippen LogP contribution in [0.2, 0.25) is 0 Å². The van der Waals surface area contributed by atoms with Crippen LogP contribution in [-0.2, 0) is 34.8 Å². The molecular formula is C24H25N3O4. The second-order valence-corrected chi connectivity index (χ2v) is 8.57. The van der Waals surface area contributed by atoms with Crippen molar-refractivity contribution in [1.82, 2.24) is 14.9 Å². The fraction of sp³-hybridized carbons (Fsp3) is 0.375. The van der Waals surface area contributed by atoms with E-state index >= 15 is 0 Å². The van der Waals surface area contributed by atoms with Crippen molar-refractivity contribution in [2.75, 3.05) is 0 Å². The average molecular weight is 419 g/mol. The number of aromatic nitrogens is 2. The molecule has 7 heteroatoms. The zero-order valence-corrected chi connectivity index (χ0v) is 17.9. The molecule has 0 bridgehead atoms. The van der Waals surface area contributed by atoms with E-state index in [0.717, 1.165) is 27.7 Å². The van der Waals surface area contributed by atoms with Gasteiger partial charge in [0.15, 0.2) is 5.60 Å². The number of esters is 1. The number of fused-ring (bicyclic) bond motifs is 5. The number of ether oxygens (including phenoxy) is 1. The van der Waals surface area contributed by atoms with Crippen molar-refractivity contribution < 1.29 is 14.6 Å². The van der Waals surface area contributed by atoms with Gasteiger partial charge in [-0.25, -0.2) is 9.78 Å². The lowest BCUT2D eigenvalue weighted by Gasteiger charge is -2.31. The van der Waals surface area contributed by atoms with E-state index in [2.05, 4.69) is 25.2 Å². The molecule has 1 atom stereocenters. The number of nitrogens with zero attached hydrogens (tertiary/aromatic N) is 2.